The highest BCUT2D eigenvalue weighted by Crippen LogP contribution is 2.53. The van der Waals surface area contributed by atoms with Gasteiger partial charge in [-0.3, -0.25) is 9.59 Å². The fourth-order valence-corrected chi connectivity index (χ4v) is 5.41. The number of carbonyl (C=O) groups excluding carboxylic acids is 2. The Morgan fingerprint density at radius 2 is 1.94 bits per heavy atom. The number of rotatable bonds is 5. The molecule has 10 heteroatoms. The lowest BCUT2D eigenvalue weighted by atomic mass is 9.65. The number of benzene rings is 2. The number of anilines is 1. The van der Waals surface area contributed by atoms with Crippen LogP contribution in [0.1, 0.15) is 40.7 Å². The lowest BCUT2D eigenvalue weighted by Crippen LogP contribution is -2.53. The molecule has 36 heavy (non-hydrogen) atoms. The van der Waals surface area contributed by atoms with Gasteiger partial charge in [-0.05, 0) is 67.5 Å². The van der Waals surface area contributed by atoms with E-state index in [1.54, 1.807) is 6.07 Å². The van der Waals surface area contributed by atoms with E-state index in [2.05, 4.69) is 11.8 Å². The van der Waals surface area contributed by atoms with Gasteiger partial charge in [-0.15, -0.1) is 0 Å². The lowest BCUT2D eigenvalue weighted by Gasteiger charge is -2.45. The maximum Gasteiger partial charge on any atom is 0.419 e. The number of nitrogens with two attached hydrogens (primary N) is 1. The number of methoxy groups -OCH3 is 1. The molecule has 4 atom stereocenters. The molecule has 0 bridgehead atoms. The van der Waals surface area contributed by atoms with Gasteiger partial charge < -0.3 is 20.5 Å². The van der Waals surface area contributed by atoms with Crippen molar-refractivity contribution in [2.24, 2.45) is 23.5 Å². The molecule has 2 aromatic rings. The van der Waals surface area contributed by atoms with Gasteiger partial charge in [0, 0.05) is 23.2 Å². The number of aliphatic hydroxyl groups excluding tert-OH is 1. The molecule has 4 rings (SSSR count). The summed E-state index contributed by atoms with van der Waals surface area (Å²) < 4.78 is 60.1. The molecule has 4 unspecified atom stereocenters. The topological polar surface area (TPSA) is 92.9 Å². The summed E-state index contributed by atoms with van der Waals surface area (Å²) in [6.45, 7) is -0.406. The van der Waals surface area contributed by atoms with Gasteiger partial charge in [0.05, 0.1) is 18.2 Å². The van der Waals surface area contributed by atoms with E-state index >= 15 is 0 Å². The number of aliphatic hydroxyl groups is 1. The van der Waals surface area contributed by atoms with Gasteiger partial charge >= 0.3 is 6.18 Å². The van der Waals surface area contributed by atoms with Crippen LogP contribution >= 0.6 is 0 Å². The summed E-state index contributed by atoms with van der Waals surface area (Å²) in [6.07, 6.45) is -3.30. The third-order valence-corrected chi connectivity index (χ3v) is 7.03. The van der Waals surface area contributed by atoms with Crippen molar-refractivity contribution in [3.05, 3.63) is 58.9 Å². The molecular weight excluding hydrogens is 480 g/mol. The smallest absolute Gasteiger partial charge is 0.419 e. The summed E-state index contributed by atoms with van der Waals surface area (Å²) in [6, 6.07) is 6.27. The first-order valence-corrected chi connectivity index (χ1v) is 11.3. The number of hydrogen-bond donors (Lipinski definition) is 2. The van der Waals surface area contributed by atoms with Gasteiger partial charge in [-0.2, -0.15) is 13.2 Å². The van der Waals surface area contributed by atoms with Gasteiger partial charge in [0.25, 0.3) is 5.91 Å². The third-order valence-electron chi connectivity index (χ3n) is 7.03. The van der Waals surface area contributed by atoms with Crippen LogP contribution < -0.4 is 15.4 Å². The molecule has 0 radical (unpaired) electrons. The van der Waals surface area contributed by atoms with E-state index in [0.717, 1.165) is 6.07 Å². The van der Waals surface area contributed by atoms with Crippen molar-refractivity contribution >= 4 is 17.5 Å². The van der Waals surface area contributed by atoms with Crippen LogP contribution in [0.5, 0.6) is 5.75 Å². The fraction of sp³-hybridized carbons (Fsp3) is 0.385. The van der Waals surface area contributed by atoms with Crippen molar-refractivity contribution in [2.45, 2.75) is 31.5 Å². The monoisotopic (exact) mass is 504 g/mol. The first-order chi connectivity index (χ1) is 17.1. The predicted octanol–water partition coefficient (Wildman–Crippen LogP) is 3.74. The number of nitrogens with zero attached hydrogens (tertiary/aromatic N) is 1. The van der Waals surface area contributed by atoms with Crippen LogP contribution in [0.4, 0.5) is 23.2 Å². The number of hydrogen-bond acceptors (Lipinski definition) is 4. The second kappa shape index (κ2) is 9.82. The summed E-state index contributed by atoms with van der Waals surface area (Å²) in [5.41, 5.74) is 4.32. The zero-order valence-corrected chi connectivity index (χ0v) is 19.3. The van der Waals surface area contributed by atoms with E-state index in [-0.39, 0.29) is 28.8 Å². The van der Waals surface area contributed by atoms with E-state index in [4.69, 9.17) is 15.6 Å². The van der Waals surface area contributed by atoms with Crippen LogP contribution in [0.3, 0.4) is 0 Å². The minimum absolute atomic E-state index is 0.0264. The van der Waals surface area contributed by atoms with Crippen molar-refractivity contribution in [1.82, 2.24) is 0 Å². The molecule has 3 N–H and O–H groups in total. The van der Waals surface area contributed by atoms with Gasteiger partial charge in [-0.1, -0.05) is 11.8 Å². The largest absolute Gasteiger partial charge is 0.496 e. The molecule has 2 aromatic carbocycles. The minimum atomic E-state index is -4.98. The van der Waals surface area contributed by atoms with Gasteiger partial charge in [0.15, 0.2) is 0 Å². The molecule has 2 fully saturated rings. The van der Waals surface area contributed by atoms with Crippen molar-refractivity contribution < 1.29 is 37.0 Å². The quantitative estimate of drug-likeness (QED) is 0.479. The SMILES string of the molecule is COc1ccc(C#CCO)cc1C(=O)N(c1ccc(F)c(C(F)(F)F)c1)C1CCC2CC(C(N)=O)C21. The van der Waals surface area contributed by atoms with Crippen LogP contribution in [0, 0.1) is 35.4 Å². The van der Waals surface area contributed by atoms with Crippen LogP contribution in [0.15, 0.2) is 36.4 Å². The summed E-state index contributed by atoms with van der Waals surface area (Å²) in [5.74, 6) is 1.93. The number of halogens is 4. The Labute approximate surface area is 205 Å². The van der Waals surface area contributed by atoms with Gasteiger partial charge in [0.1, 0.15) is 18.2 Å². The zero-order chi connectivity index (χ0) is 26.2. The van der Waals surface area contributed by atoms with Crippen LogP contribution in [-0.2, 0) is 11.0 Å². The molecule has 2 aliphatic carbocycles. The molecule has 2 aliphatic rings. The number of amides is 2. The molecule has 6 nitrogen and oxygen atoms in total. The third kappa shape index (κ3) is 4.63. The maximum atomic E-state index is 14.1. The predicted molar refractivity (Wildman–Crippen MR) is 122 cm³/mol. The number of fused-ring (bicyclic) bond motifs is 1. The molecule has 0 heterocycles. The van der Waals surface area contributed by atoms with E-state index in [9.17, 15) is 27.2 Å². The lowest BCUT2D eigenvalue weighted by molar-refractivity contribution is -0.140. The number of ether oxygens (including phenoxy) is 1. The van der Waals surface area contributed by atoms with Crippen LogP contribution in [0.25, 0.3) is 0 Å². The van der Waals surface area contributed by atoms with E-state index in [1.165, 1.54) is 24.1 Å². The van der Waals surface area contributed by atoms with Gasteiger partial charge in [-0.25, -0.2) is 4.39 Å². The Hall–Kier alpha value is -3.58. The highest BCUT2D eigenvalue weighted by atomic mass is 19.4. The Morgan fingerprint density at radius 1 is 1.19 bits per heavy atom. The van der Waals surface area contributed by atoms with Gasteiger partial charge in [0.2, 0.25) is 5.91 Å². The highest BCUT2D eigenvalue weighted by molar-refractivity contribution is 6.08. The Morgan fingerprint density at radius 3 is 2.58 bits per heavy atom. The molecule has 190 valence electrons. The average molecular weight is 504 g/mol. The van der Waals surface area contributed by atoms with E-state index < -0.39 is 47.9 Å². The van der Waals surface area contributed by atoms with Crippen molar-refractivity contribution in [3.63, 3.8) is 0 Å². The normalized spacial score (nSPS) is 22.6. The summed E-state index contributed by atoms with van der Waals surface area (Å²) >= 11 is 0. The molecule has 0 aromatic heterocycles. The van der Waals surface area contributed by atoms with Crippen molar-refractivity contribution in [2.75, 3.05) is 18.6 Å². The Bertz CT molecular complexity index is 1250. The Kier molecular flexibility index (Phi) is 6.96. The van der Waals surface area contributed by atoms with Crippen LogP contribution in [0.2, 0.25) is 0 Å². The summed E-state index contributed by atoms with van der Waals surface area (Å²) in [4.78, 5) is 27.2. The first-order valence-electron chi connectivity index (χ1n) is 11.3. The van der Waals surface area contributed by atoms with Crippen LogP contribution in [-0.4, -0.2) is 36.7 Å². The minimum Gasteiger partial charge on any atom is -0.496 e. The van der Waals surface area contributed by atoms with Crippen molar-refractivity contribution in [1.29, 1.82) is 0 Å². The second-order valence-corrected chi connectivity index (χ2v) is 8.94. The standard InChI is InChI=1S/C26H24F4N2O4/c1-36-22-9-4-14(3-2-10-33)11-17(22)25(35)32(16-6-7-20(27)19(13-16)26(28,29)30)21-8-5-15-12-18(23(15)21)24(31)34/h4,6-7,9,11,13,15,18,21,23,33H,5,8,10,12H2,1H3,(H2,31,34). The molecule has 0 spiro atoms. The number of primary amides is 1. The zero-order valence-electron chi connectivity index (χ0n) is 19.3. The highest BCUT2D eigenvalue weighted by Gasteiger charge is 2.54. The summed E-state index contributed by atoms with van der Waals surface area (Å²) in [5, 5.41) is 9.00. The molecular formula is C26H24F4N2O4. The number of carbonyl (C=O) groups is 2. The average Bonchev–Trinajstić information content (AvgIpc) is 3.12. The first kappa shape index (κ1) is 25.5. The van der Waals surface area contributed by atoms with E-state index in [0.29, 0.717) is 37.0 Å². The number of alkyl halides is 3. The second-order valence-electron chi connectivity index (χ2n) is 8.94. The molecule has 2 saturated carbocycles. The van der Waals surface area contributed by atoms with Crippen molar-refractivity contribution in [3.8, 4) is 17.6 Å². The Balaban J connectivity index is 1.86. The van der Waals surface area contributed by atoms with E-state index in [1.807, 2.05) is 0 Å². The summed E-state index contributed by atoms with van der Waals surface area (Å²) in [7, 11) is 1.34. The maximum absolute atomic E-state index is 14.1. The molecule has 2 amide bonds. The fourth-order valence-electron chi connectivity index (χ4n) is 5.41. The molecule has 0 aliphatic heterocycles. The molecule has 0 saturated heterocycles.